The second-order valence-corrected chi connectivity index (χ2v) is 8.37. The summed E-state index contributed by atoms with van der Waals surface area (Å²) in [5, 5.41) is 12.6. The SMILES string of the molecule is CC(=O)NC[C@H]1CN(c2ccc(-c3cnccc3C3(C#N)C4COCC43)c(F)c2)C(=O)O1. The van der Waals surface area contributed by atoms with Crippen molar-refractivity contribution < 1.29 is 23.5 Å². The first-order chi connectivity index (χ1) is 15.5. The summed E-state index contributed by atoms with van der Waals surface area (Å²) in [5.41, 5.74) is 1.33. The van der Waals surface area contributed by atoms with E-state index < -0.39 is 23.4 Å². The molecule has 1 aromatic heterocycles. The van der Waals surface area contributed by atoms with Gasteiger partial charge in [0.15, 0.2) is 0 Å². The van der Waals surface area contributed by atoms with Crippen molar-refractivity contribution in [3.8, 4) is 17.2 Å². The lowest BCUT2D eigenvalue weighted by Crippen LogP contribution is -2.33. The molecule has 1 aliphatic carbocycles. The fraction of sp³-hybridized carbons (Fsp3) is 0.391. The Morgan fingerprint density at radius 3 is 2.81 bits per heavy atom. The zero-order valence-corrected chi connectivity index (χ0v) is 17.4. The second-order valence-electron chi connectivity index (χ2n) is 8.37. The molecule has 2 amide bonds. The smallest absolute Gasteiger partial charge is 0.414 e. The minimum absolute atomic E-state index is 0.107. The van der Waals surface area contributed by atoms with Crippen LogP contribution in [0.15, 0.2) is 36.7 Å². The Labute approximate surface area is 183 Å². The molecule has 164 valence electrons. The monoisotopic (exact) mass is 436 g/mol. The van der Waals surface area contributed by atoms with Gasteiger partial charge >= 0.3 is 6.09 Å². The number of hydrogen-bond donors (Lipinski definition) is 1. The quantitative estimate of drug-likeness (QED) is 0.772. The topological polar surface area (TPSA) is 105 Å². The summed E-state index contributed by atoms with van der Waals surface area (Å²) in [6, 6.07) is 8.77. The van der Waals surface area contributed by atoms with Crippen LogP contribution in [0.1, 0.15) is 12.5 Å². The van der Waals surface area contributed by atoms with Crippen molar-refractivity contribution in [3.05, 3.63) is 48.0 Å². The molecule has 8 nitrogen and oxygen atoms in total. The molecule has 3 heterocycles. The molecule has 3 aliphatic rings. The lowest BCUT2D eigenvalue weighted by atomic mass is 9.87. The van der Waals surface area contributed by atoms with Crippen LogP contribution in [0.4, 0.5) is 14.9 Å². The molecule has 2 unspecified atom stereocenters. The van der Waals surface area contributed by atoms with Crippen LogP contribution in [0, 0.1) is 29.0 Å². The highest BCUT2D eigenvalue weighted by atomic mass is 19.1. The minimum atomic E-state index is -0.683. The average Bonchev–Trinajstić information content (AvgIpc) is 3.10. The summed E-state index contributed by atoms with van der Waals surface area (Å²) in [6.07, 6.45) is 2.10. The van der Waals surface area contributed by atoms with E-state index >= 15 is 4.39 Å². The summed E-state index contributed by atoms with van der Waals surface area (Å²) < 4.78 is 26.0. The molecule has 3 fully saturated rings. The highest BCUT2D eigenvalue weighted by Crippen LogP contribution is 2.64. The number of carbonyl (C=O) groups is 2. The minimum Gasteiger partial charge on any atom is -0.442 e. The van der Waals surface area contributed by atoms with Gasteiger partial charge in [0.05, 0.1) is 43.5 Å². The molecule has 0 bridgehead atoms. The van der Waals surface area contributed by atoms with Gasteiger partial charge in [-0.25, -0.2) is 9.18 Å². The third kappa shape index (κ3) is 3.10. The van der Waals surface area contributed by atoms with Crippen molar-refractivity contribution in [1.82, 2.24) is 10.3 Å². The van der Waals surface area contributed by atoms with Gasteiger partial charge in [-0.05, 0) is 29.8 Å². The number of fused-ring (bicyclic) bond motifs is 1. The molecular formula is C23H21FN4O4. The first-order valence-electron chi connectivity index (χ1n) is 10.4. The Bertz CT molecular complexity index is 1140. The maximum Gasteiger partial charge on any atom is 0.414 e. The molecule has 3 atom stereocenters. The van der Waals surface area contributed by atoms with Crippen molar-refractivity contribution in [2.45, 2.75) is 18.4 Å². The number of carbonyl (C=O) groups excluding carboxylic acids is 2. The summed E-state index contributed by atoms with van der Waals surface area (Å²) in [5.74, 6) is -0.527. The molecule has 32 heavy (non-hydrogen) atoms. The van der Waals surface area contributed by atoms with E-state index in [0.717, 1.165) is 5.56 Å². The van der Waals surface area contributed by atoms with Gasteiger partial charge in [-0.1, -0.05) is 0 Å². The van der Waals surface area contributed by atoms with Crippen LogP contribution < -0.4 is 10.2 Å². The number of amides is 2. The van der Waals surface area contributed by atoms with Gasteiger partial charge in [0.2, 0.25) is 5.91 Å². The van der Waals surface area contributed by atoms with E-state index in [9.17, 15) is 14.9 Å². The van der Waals surface area contributed by atoms with Gasteiger partial charge in [-0.2, -0.15) is 5.26 Å². The molecule has 9 heteroatoms. The van der Waals surface area contributed by atoms with Crippen molar-refractivity contribution in [2.24, 2.45) is 11.8 Å². The number of rotatable bonds is 5. The average molecular weight is 436 g/mol. The largest absolute Gasteiger partial charge is 0.442 e. The van der Waals surface area contributed by atoms with Crippen molar-refractivity contribution in [1.29, 1.82) is 5.26 Å². The molecular weight excluding hydrogens is 415 g/mol. The van der Waals surface area contributed by atoms with E-state index in [4.69, 9.17) is 9.47 Å². The number of hydrogen-bond acceptors (Lipinski definition) is 6. The molecule has 1 aromatic carbocycles. The van der Waals surface area contributed by atoms with Crippen LogP contribution in [0.3, 0.4) is 0 Å². The van der Waals surface area contributed by atoms with Gasteiger partial charge in [0.25, 0.3) is 0 Å². The molecule has 1 N–H and O–H groups in total. The van der Waals surface area contributed by atoms with E-state index in [1.807, 2.05) is 0 Å². The van der Waals surface area contributed by atoms with Crippen molar-refractivity contribution >= 4 is 17.7 Å². The maximum atomic E-state index is 15.3. The summed E-state index contributed by atoms with van der Waals surface area (Å²) in [4.78, 5) is 28.8. The van der Waals surface area contributed by atoms with E-state index in [1.54, 1.807) is 30.6 Å². The van der Waals surface area contributed by atoms with Crippen LogP contribution in [0.5, 0.6) is 0 Å². The summed E-state index contributed by atoms with van der Waals surface area (Å²) in [6.45, 7) is 2.83. The van der Waals surface area contributed by atoms with Crippen LogP contribution in [-0.4, -0.2) is 49.4 Å². The maximum absolute atomic E-state index is 15.3. The molecule has 2 saturated heterocycles. The van der Waals surface area contributed by atoms with Gasteiger partial charge < -0.3 is 14.8 Å². The van der Waals surface area contributed by atoms with E-state index in [-0.39, 0.29) is 30.8 Å². The van der Waals surface area contributed by atoms with Crippen LogP contribution in [0.2, 0.25) is 0 Å². The lowest BCUT2D eigenvalue weighted by molar-refractivity contribution is -0.119. The molecule has 5 rings (SSSR count). The number of anilines is 1. The second kappa shape index (κ2) is 7.57. The van der Waals surface area contributed by atoms with E-state index in [2.05, 4.69) is 16.4 Å². The van der Waals surface area contributed by atoms with Gasteiger partial charge in [-0.15, -0.1) is 0 Å². The Morgan fingerprint density at radius 2 is 2.12 bits per heavy atom. The van der Waals surface area contributed by atoms with Crippen molar-refractivity contribution in [3.63, 3.8) is 0 Å². The van der Waals surface area contributed by atoms with Gasteiger partial charge in [0, 0.05) is 42.3 Å². The third-order valence-corrected chi connectivity index (χ3v) is 6.60. The number of cyclic esters (lactones) is 1. The standard InChI is InChI=1S/C23H21FN4O4/c1-13(29)27-7-15-9-28(22(30)32-15)14-2-3-16(21(24)6-14)17-8-26-5-4-18(17)23(12-25)19-10-31-11-20(19)23/h2-6,8,15,19-20H,7,9-11H2,1H3,(H,27,29)/t15-,19?,20?,23?/m0/s1. The molecule has 0 radical (unpaired) electrons. The first kappa shape index (κ1) is 20.4. The van der Waals surface area contributed by atoms with Crippen molar-refractivity contribution in [2.75, 3.05) is 31.2 Å². The first-order valence-corrected chi connectivity index (χ1v) is 10.4. The number of pyridine rings is 1. The number of ether oxygens (including phenoxy) is 2. The lowest BCUT2D eigenvalue weighted by Gasteiger charge is -2.19. The summed E-state index contributed by atoms with van der Waals surface area (Å²) in [7, 11) is 0. The Kier molecular flexibility index (Phi) is 4.82. The predicted octanol–water partition coefficient (Wildman–Crippen LogP) is 2.39. The number of halogens is 1. The zero-order valence-electron chi connectivity index (χ0n) is 17.4. The van der Waals surface area contributed by atoms with E-state index in [0.29, 0.717) is 30.0 Å². The normalized spacial score (nSPS) is 28.1. The Morgan fingerprint density at radius 1 is 1.34 bits per heavy atom. The zero-order chi connectivity index (χ0) is 22.5. The van der Waals surface area contributed by atoms with Crippen LogP contribution in [-0.2, 0) is 19.7 Å². The third-order valence-electron chi connectivity index (χ3n) is 6.60. The van der Waals surface area contributed by atoms with Gasteiger partial charge in [0.1, 0.15) is 11.9 Å². The fourth-order valence-electron chi connectivity index (χ4n) is 4.94. The number of nitriles is 1. The molecule has 2 aliphatic heterocycles. The highest BCUT2D eigenvalue weighted by Gasteiger charge is 2.69. The summed E-state index contributed by atoms with van der Waals surface area (Å²) >= 11 is 0. The van der Waals surface area contributed by atoms with E-state index in [1.165, 1.54) is 17.9 Å². The molecule has 2 aromatic rings. The van der Waals surface area contributed by atoms with Gasteiger partial charge in [-0.3, -0.25) is 14.7 Å². The highest BCUT2D eigenvalue weighted by molar-refractivity contribution is 5.90. The van der Waals surface area contributed by atoms with Crippen LogP contribution in [0.25, 0.3) is 11.1 Å². The Balaban J connectivity index is 1.43. The molecule has 1 saturated carbocycles. The number of nitrogens with zero attached hydrogens (tertiary/aromatic N) is 3. The number of aromatic nitrogens is 1. The predicted molar refractivity (Wildman–Crippen MR) is 111 cm³/mol. The number of nitrogens with one attached hydrogen (secondary N) is 1. The number of benzene rings is 1. The van der Waals surface area contributed by atoms with Crippen LogP contribution >= 0.6 is 0 Å². The fourth-order valence-corrected chi connectivity index (χ4v) is 4.94. The Hall–Kier alpha value is -3.51. The molecule has 0 spiro atoms.